The van der Waals surface area contributed by atoms with Crippen molar-refractivity contribution in [2.75, 3.05) is 5.73 Å². The predicted molar refractivity (Wildman–Crippen MR) is 71.1 cm³/mol. The van der Waals surface area contributed by atoms with Crippen molar-refractivity contribution in [2.24, 2.45) is 0 Å². The van der Waals surface area contributed by atoms with Crippen LogP contribution in [-0.2, 0) is 0 Å². The van der Waals surface area contributed by atoms with Crippen molar-refractivity contribution in [2.45, 2.75) is 38.2 Å². The Bertz CT molecular complexity index is 334. The number of nitrogens with two attached hydrogens (primary N) is 1. The van der Waals surface area contributed by atoms with Crippen molar-refractivity contribution < 1.29 is 4.74 Å². The minimum Gasteiger partial charge on any atom is -0.488 e. The molecule has 1 fully saturated rings. The van der Waals surface area contributed by atoms with Crippen LogP contribution in [-0.4, -0.2) is 6.10 Å². The van der Waals surface area contributed by atoms with Gasteiger partial charge >= 0.3 is 0 Å². The van der Waals surface area contributed by atoms with Gasteiger partial charge < -0.3 is 10.5 Å². The molecule has 0 bridgehead atoms. The summed E-state index contributed by atoms with van der Waals surface area (Å²) in [5.74, 6) is 0.849. The topological polar surface area (TPSA) is 35.2 Å². The summed E-state index contributed by atoms with van der Waals surface area (Å²) >= 11 is 2.26. The van der Waals surface area contributed by atoms with E-state index in [0.29, 0.717) is 6.10 Å². The molecule has 0 unspecified atom stereocenters. The van der Waals surface area contributed by atoms with E-state index in [9.17, 15) is 0 Å². The van der Waals surface area contributed by atoms with Crippen molar-refractivity contribution in [3.8, 4) is 5.75 Å². The molecule has 82 valence electrons. The van der Waals surface area contributed by atoms with E-state index in [0.717, 1.165) is 15.0 Å². The van der Waals surface area contributed by atoms with Gasteiger partial charge in [-0.25, -0.2) is 0 Å². The molecule has 0 saturated heterocycles. The molecule has 1 saturated carbocycles. The smallest absolute Gasteiger partial charge is 0.142 e. The molecule has 2 nitrogen and oxygen atoms in total. The first-order chi connectivity index (χ1) is 7.25. The molecule has 0 radical (unpaired) electrons. The van der Waals surface area contributed by atoms with Crippen LogP contribution in [0.15, 0.2) is 18.2 Å². The van der Waals surface area contributed by atoms with E-state index < -0.39 is 0 Å². The molecule has 1 aliphatic rings. The summed E-state index contributed by atoms with van der Waals surface area (Å²) in [6.07, 6.45) is 6.64. The SMILES string of the molecule is Nc1cc(I)ccc1OC1CCCCC1. The van der Waals surface area contributed by atoms with Crippen molar-refractivity contribution in [3.63, 3.8) is 0 Å². The fourth-order valence-corrected chi connectivity index (χ4v) is 2.50. The molecule has 0 spiro atoms. The fraction of sp³-hybridized carbons (Fsp3) is 0.500. The molecule has 0 aliphatic heterocycles. The number of nitrogen functional groups attached to an aromatic ring is 1. The zero-order chi connectivity index (χ0) is 10.7. The molecule has 1 aromatic carbocycles. The van der Waals surface area contributed by atoms with Gasteiger partial charge in [0.25, 0.3) is 0 Å². The first-order valence-electron chi connectivity index (χ1n) is 5.47. The van der Waals surface area contributed by atoms with E-state index in [1.165, 1.54) is 32.1 Å². The fourth-order valence-electron chi connectivity index (χ4n) is 1.99. The molecular formula is C12H16INO. The summed E-state index contributed by atoms with van der Waals surface area (Å²) in [5.41, 5.74) is 6.67. The first kappa shape index (κ1) is 11.0. The zero-order valence-electron chi connectivity index (χ0n) is 8.71. The largest absolute Gasteiger partial charge is 0.488 e. The van der Waals surface area contributed by atoms with Crippen LogP contribution in [0.5, 0.6) is 5.75 Å². The Labute approximate surface area is 104 Å². The molecular weight excluding hydrogens is 301 g/mol. The van der Waals surface area contributed by atoms with Crippen LogP contribution in [0.2, 0.25) is 0 Å². The Kier molecular flexibility index (Phi) is 3.72. The van der Waals surface area contributed by atoms with Crippen molar-refractivity contribution >= 4 is 28.3 Å². The number of halogens is 1. The lowest BCUT2D eigenvalue weighted by Gasteiger charge is -2.23. The molecule has 1 aliphatic carbocycles. The molecule has 2 N–H and O–H groups in total. The lowest BCUT2D eigenvalue weighted by atomic mass is 9.98. The summed E-state index contributed by atoms with van der Waals surface area (Å²) in [6, 6.07) is 5.97. The Balaban J connectivity index is 2.03. The minimum absolute atomic E-state index is 0.376. The quantitative estimate of drug-likeness (QED) is 0.668. The molecule has 15 heavy (non-hydrogen) atoms. The highest BCUT2D eigenvalue weighted by Gasteiger charge is 2.15. The van der Waals surface area contributed by atoms with Gasteiger partial charge in [-0.15, -0.1) is 0 Å². The van der Waals surface area contributed by atoms with E-state index in [1.54, 1.807) is 0 Å². The Morgan fingerprint density at radius 1 is 1.20 bits per heavy atom. The van der Waals surface area contributed by atoms with Crippen molar-refractivity contribution in [3.05, 3.63) is 21.8 Å². The monoisotopic (exact) mass is 317 g/mol. The van der Waals surface area contributed by atoms with Crippen LogP contribution in [0.25, 0.3) is 0 Å². The Hall–Kier alpha value is -0.450. The molecule has 0 aromatic heterocycles. The average molecular weight is 317 g/mol. The summed E-state index contributed by atoms with van der Waals surface area (Å²) < 4.78 is 7.07. The molecule has 0 amide bonds. The summed E-state index contributed by atoms with van der Waals surface area (Å²) in [4.78, 5) is 0. The second-order valence-corrected chi connectivity index (χ2v) is 5.31. The normalized spacial score (nSPS) is 17.7. The number of hydrogen-bond acceptors (Lipinski definition) is 2. The molecule has 0 heterocycles. The first-order valence-corrected chi connectivity index (χ1v) is 6.55. The van der Waals surface area contributed by atoms with Gasteiger partial charge in [-0.1, -0.05) is 6.42 Å². The van der Waals surface area contributed by atoms with Crippen LogP contribution in [0.3, 0.4) is 0 Å². The number of benzene rings is 1. The maximum absolute atomic E-state index is 5.91. The third kappa shape index (κ3) is 3.00. The van der Waals surface area contributed by atoms with Crippen LogP contribution in [0.1, 0.15) is 32.1 Å². The van der Waals surface area contributed by atoms with Gasteiger partial charge in [-0.2, -0.15) is 0 Å². The van der Waals surface area contributed by atoms with Gasteiger partial charge in [-0.05, 0) is 66.5 Å². The number of rotatable bonds is 2. The van der Waals surface area contributed by atoms with Gasteiger partial charge in [0, 0.05) is 3.57 Å². The number of hydrogen-bond donors (Lipinski definition) is 1. The van der Waals surface area contributed by atoms with E-state index >= 15 is 0 Å². The van der Waals surface area contributed by atoms with Gasteiger partial charge in [0.15, 0.2) is 0 Å². The standard InChI is InChI=1S/C12H16INO/c13-9-6-7-12(11(14)8-9)15-10-4-2-1-3-5-10/h6-8,10H,1-5,14H2. The zero-order valence-corrected chi connectivity index (χ0v) is 10.9. The Morgan fingerprint density at radius 3 is 2.60 bits per heavy atom. The molecule has 1 aromatic rings. The second-order valence-electron chi connectivity index (χ2n) is 4.06. The summed E-state index contributed by atoms with van der Waals surface area (Å²) in [5, 5.41) is 0. The molecule has 0 atom stereocenters. The van der Waals surface area contributed by atoms with E-state index in [1.807, 2.05) is 18.2 Å². The highest BCUT2D eigenvalue weighted by atomic mass is 127. The lowest BCUT2D eigenvalue weighted by Crippen LogP contribution is -2.20. The summed E-state index contributed by atoms with van der Waals surface area (Å²) in [6.45, 7) is 0. The summed E-state index contributed by atoms with van der Waals surface area (Å²) in [7, 11) is 0. The number of ether oxygens (including phenoxy) is 1. The Morgan fingerprint density at radius 2 is 1.93 bits per heavy atom. The average Bonchev–Trinajstić information content (AvgIpc) is 2.24. The van der Waals surface area contributed by atoms with Gasteiger partial charge in [0.05, 0.1) is 11.8 Å². The van der Waals surface area contributed by atoms with E-state index in [-0.39, 0.29) is 0 Å². The van der Waals surface area contributed by atoms with Crippen LogP contribution >= 0.6 is 22.6 Å². The lowest BCUT2D eigenvalue weighted by molar-refractivity contribution is 0.156. The van der Waals surface area contributed by atoms with Crippen LogP contribution in [0.4, 0.5) is 5.69 Å². The highest BCUT2D eigenvalue weighted by Crippen LogP contribution is 2.28. The molecule has 2 rings (SSSR count). The minimum atomic E-state index is 0.376. The van der Waals surface area contributed by atoms with E-state index in [4.69, 9.17) is 10.5 Å². The third-order valence-electron chi connectivity index (χ3n) is 2.82. The maximum Gasteiger partial charge on any atom is 0.142 e. The van der Waals surface area contributed by atoms with E-state index in [2.05, 4.69) is 22.6 Å². The highest BCUT2D eigenvalue weighted by molar-refractivity contribution is 14.1. The van der Waals surface area contributed by atoms with Crippen molar-refractivity contribution in [1.29, 1.82) is 0 Å². The number of anilines is 1. The van der Waals surface area contributed by atoms with Gasteiger partial charge in [0.1, 0.15) is 5.75 Å². The van der Waals surface area contributed by atoms with Crippen LogP contribution in [0, 0.1) is 3.57 Å². The predicted octanol–water partition coefficient (Wildman–Crippen LogP) is 3.58. The van der Waals surface area contributed by atoms with Gasteiger partial charge in [0.2, 0.25) is 0 Å². The maximum atomic E-state index is 5.91. The third-order valence-corrected chi connectivity index (χ3v) is 3.49. The van der Waals surface area contributed by atoms with Crippen molar-refractivity contribution in [1.82, 2.24) is 0 Å². The van der Waals surface area contributed by atoms with Gasteiger partial charge in [-0.3, -0.25) is 0 Å². The van der Waals surface area contributed by atoms with Crippen LogP contribution < -0.4 is 10.5 Å². The molecule has 3 heteroatoms. The second kappa shape index (κ2) is 5.05.